The van der Waals surface area contributed by atoms with Gasteiger partial charge in [0.2, 0.25) is 8.32 Å². The molecule has 0 unspecified atom stereocenters. The fraction of sp³-hybridized carbons (Fsp3) is 0.333. The van der Waals surface area contributed by atoms with Crippen LogP contribution in [0.3, 0.4) is 0 Å². The molecule has 3 heteroatoms. The van der Waals surface area contributed by atoms with Gasteiger partial charge in [-0.25, -0.2) is 0 Å². The van der Waals surface area contributed by atoms with Gasteiger partial charge in [0, 0.05) is 10.9 Å². The van der Waals surface area contributed by atoms with E-state index in [2.05, 4.69) is 39.2 Å². The molecule has 0 bridgehead atoms. The number of para-hydroxylation sites is 1. The van der Waals surface area contributed by atoms with E-state index in [0.717, 1.165) is 23.2 Å². The summed E-state index contributed by atoms with van der Waals surface area (Å²) in [4.78, 5) is 0. The monoisotopic (exact) mass is 260 g/mol. The summed E-state index contributed by atoms with van der Waals surface area (Å²) in [5.74, 6) is 1.48. The molecule has 0 N–H and O–H groups in total. The predicted molar refractivity (Wildman–Crippen MR) is 79.1 cm³/mol. The molecule has 1 aromatic carbocycles. The second-order valence-electron chi connectivity index (χ2n) is 5.40. The first-order chi connectivity index (χ1) is 8.42. The minimum absolute atomic E-state index is 0.669. The van der Waals surface area contributed by atoms with Crippen molar-refractivity contribution in [3.05, 3.63) is 42.2 Å². The zero-order valence-corrected chi connectivity index (χ0v) is 12.5. The fourth-order valence-corrected chi connectivity index (χ4v) is 2.92. The first-order valence-corrected chi connectivity index (χ1v) is 9.72. The average Bonchev–Trinajstić information content (AvgIpc) is 2.65. The second kappa shape index (κ2) is 4.65. The molecule has 0 spiro atoms. The molecule has 2 aromatic rings. The van der Waals surface area contributed by atoms with E-state index in [1.165, 1.54) is 5.56 Å². The first kappa shape index (κ1) is 13.0. The number of aryl methyl sites for hydroxylation is 1. The Morgan fingerprint density at radius 1 is 1.28 bits per heavy atom. The number of hydrogen-bond donors (Lipinski definition) is 0. The third kappa shape index (κ3) is 2.51. The summed E-state index contributed by atoms with van der Waals surface area (Å²) in [5.41, 5.74) is 2.10. The molecular formula is C15H20O2Si. The maximum atomic E-state index is 5.95. The van der Waals surface area contributed by atoms with Crippen molar-refractivity contribution in [3.8, 4) is 0 Å². The Labute approximate surface area is 109 Å². The lowest BCUT2D eigenvalue weighted by atomic mass is 10.1. The van der Waals surface area contributed by atoms with Crippen LogP contribution in [0.2, 0.25) is 19.6 Å². The van der Waals surface area contributed by atoms with E-state index in [4.69, 9.17) is 8.84 Å². The van der Waals surface area contributed by atoms with Gasteiger partial charge >= 0.3 is 0 Å². The molecule has 0 fully saturated rings. The Hall–Kier alpha value is -1.48. The molecule has 0 aliphatic heterocycles. The van der Waals surface area contributed by atoms with Crippen molar-refractivity contribution in [2.45, 2.75) is 33.0 Å². The normalized spacial score (nSPS) is 11.8. The minimum Gasteiger partial charge on any atom is -0.542 e. The molecule has 1 aromatic heterocycles. The van der Waals surface area contributed by atoms with E-state index in [-0.39, 0.29) is 0 Å². The van der Waals surface area contributed by atoms with Crippen molar-refractivity contribution in [2.75, 3.05) is 0 Å². The highest BCUT2D eigenvalue weighted by Crippen LogP contribution is 2.32. The number of rotatable bonds is 4. The maximum absolute atomic E-state index is 5.95. The Kier molecular flexibility index (Phi) is 3.35. The van der Waals surface area contributed by atoms with Crippen LogP contribution in [0.15, 0.2) is 35.3 Å². The topological polar surface area (TPSA) is 22.4 Å². The van der Waals surface area contributed by atoms with Crippen molar-refractivity contribution in [1.29, 1.82) is 0 Å². The second-order valence-corrected chi connectivity index (χ2v) is 9.83. The van der Waals surface area contributed by atoms with E-state index in [9.17, 15) is 0 Å². The summed E-state index contributed by atoms with van der Waals surface area (Å²) in [6.07, 6.45) is 0.917. The highest BCUT2D eigenvalue weighted by Gasteiger charge is 2.22. The van der Waals surface area contributed by atoms with E-state index < -0.39 is 8.32 Å². The lowest BCUT2D eigenvalue weighted by molar-refractivity contribution is 0.475. The molecule has 0 atom stereocenters. The van der Waals surface area contributed by atoms with Crippen LogP contribution in [0.1, 0.15) is 18.2 Å². The molecule has 18 heavy (non-hydrogen) atoms. The van der Waals surface area contributed by atoms with E-state index >= 15 is 0 Å². The SMILES string of the molecule is C=C(O[Si](C)(C)C)c1oc2ccccc2c1CC. The van der Waals surface area contributed by atoms with Crippen LogP contribution < -0.4 is 0 Å². The van der Waals surface area contributed by atoms with Gasteiger partial charge in [0.1, 0.15) is 11.3 Å². The van der Waals surface area contributed by atoms with Crippen LogP contribution in [0.25, 0.3) is 16.7 Å². The Morgan fingerprint density at radius 2 is 1.94 bits per heavy atom. The smallest absolute Gasteiger partial charge is 0.242 e. The highest BCUT2D eigenvalue weighted by molar-refractivity contribution is 6.70. The van der Waals surface area contributed by atoms with Gasteiger partial charge in [0.15, 0.2) is 5.76 Å². The lowest BCUT2D eigenvalue weighted by Crippen LogP contribution is -2.24. The first-order valence-electron chi connectivity index (χ1n) is 6.31. The van der Waals surface area contributed by atoms with Gasteiger partial charge in [-0.05, 0) is 32.1 Å². The third-order valence-electron chi connectivity index (χ3n) is 2.73. The van der Waals surface area contributed by atoms with Crippen LogP contribution in [0.5, 0.6) is 0 Å². The van der Waals surface area contributed by atoms with Gasteiger partial charge in [-0.2, -0.15) is 0 Å². The predicted octanol–water partition coefficient (Wildman–Crippen LogP) is 4.82. The van der Waals surface area contributed by atoms with Crippen LogP contribution in [0.4, 0.5) is 0 Å². The van der Waals surface area contributed by atoms with Gasteiger partial charge < -0.3 is 8.84 Å². The molecule has 0 aliphatic carbocycles. The molecule has 1 heterocycles. The zero-order chi connectivity index (χ0) is 13.3. The van der Waals surface area contributed by atoms with Gasteiger partial charge in [-0.1, -0.05) is 31.7 Å². The standard InChI is InChI=1S/C15H20O2Si/c1-6-12-13-9-7-8-10-14(13)16-15(12)11(2)17-18(3,4)5/h7-10H,2,6H2,1,3-5H3. The third-order valence-corrected chi connectivity index (χ3v) is 3.59. The molecule has 0 amide bonds. The zero-order valence-electron chi connectivity index (χ0n) is 11.5. The van der Waals surface area contributed by atoms with Crippen molar-refractivity contribution in [3.63, 3.8) is 0 Å². The quantitative estimate of drug-likeness (QED) is 0.581. The fourth-order valence-electron chi connectivity index (χ4n) is 2.09. The van der Waals surface area contributed by atoms with E-state index in [0.29, 0.717) is 5.76 Å². The summed E-state index contributed by atoms with van der Waals surface area (Å²) >= 11 is 0. The Bertz CT molecular complexity index is 576. The van der Waals surface area contributed by atoms with Gasteiger partial charge in [-0.3, -0.25) is 0 Å². The molecule has 0 radical (unpaired) electrons. The molecule has 96 valence electrons. The van der Waals surface area contributed by atoms with Crippen LogP contribution in [-0.4, -0.2) is 8.32 Å². The molecule has 0 saturated heterocycles. The maximum Gasteiger partial charge on any atom is 0.242 e. The van der Waals surface area contributed by atoms with Crippen LogP contribution in [-0.2, 0) is 10.8 Å². The molecule has 0 saturated carbocycles. The summed E-state index contributed by atoms with van der Waals surface area (Å²) in [6.45, 7) is 12.6. The summed E-state index contributed by atoms with van der Waals surface area (Å²) in [5, 5.41) is 1.16. The summed E-state index contributed by atoms with van der Waals surface area (Å²) in [6, 6.07) is 8.09. The number of benzene rings is 1. The number of hydrogen-bond acceptors (Lipinski definition) is 2. The van der Waals surface area contributed by atoms with Crippen molar-refractivity contribution in [2.24, 2.45) is 0 Å². The largest absolute Gasteiger partial charge is 0.542 e. The Balaban J connectivity index is 2.47. The minimum atomic E-state index is -1.65. The molecule has 0 aliphatic rings. The summed E-state index contributed by atoms with van der Waals surface area (Å²) < 4.78 is 11.8. The molecule has 2 nitrogen and oxygen atoms in total. The average molecular weight is 260 g/mol. The number of fused-ring (bicyclic) bond motifs is 1. The number of furan rings is 1. The highest BCUT2D eigenvalue weighted by atomic mass is 28.4. The van der Waals surface area contributed by atoms with E-state index in [1.807, 2.05) is 18.2 Å². The summed E-state index contributed by atoms with van der Waals surface area (Å²) in [7, 11) is -1.65. The van der Waals surface area contributed by atoms with E-state index in [1.54, 1.807) is 0 Å². The van der Waals surface area contributed by atoms with Crippen molar-refractivity contribution in [1.82, 2.24) is 0 Å². The molecular weight excluding hydrogens is 240 g/mol. The lowest BCUT2D eigenvalue weighted by Gasteiger charge is -2.20. The van der Waals surface area contributed by atoms with Gasteiger partial charge in [-0.15, -0.1) is 0 Å². The Morgan fingerprint density at radius 3 is 2.56 bits per heavy atom. The van der Waals surface area contributed by atoms with Crippen molar-refractivity contribution >= 4 is 25.0 Å². The van der Waals surface area contributed by atoms with Crippen LogP contribution >= 0.6 is 0 Å². The molecule has 2 rings (SSSR count). The van der Waals surface area contributed by atoms with Gasteiger partial charge in [0.05, 0.1) is 0 Å². The van der Waals surface area contributed by atoms with Crippen molar-refractivity contribution < 1.29 is 8.84 Å². The van der Waals surface area contributed by atoms with Crippen LogP contribution in [0, 0.1) is 0 Å². The van der Waals surface area contributed by atoms with Gasteiger partial charge in [0.25, 0.3) is 0 Å².